The first-order valence-corrected chi connectivity index (χ1v) is 4.83. The molecule has 5 heteroatoms. The minimum atomic E-state index is -0.676. The van der Waals surface area contributed by atoms with Crippen LogP contribution in [0.15, 0.2) is 36.5 Å². The van der Waals surface area contributed by atoms with Crippen LogP contribution in [0, 0.1) is 17.6 Å². The van der Waals surface area contributed by atoms with Crippen molar-refractivity contribution in [1.29, 1.82) is 0 Å². The molecule has 0 aliphatic carbocycles. The Kier molecular flexibility index (Phi) is 3.27. The fraction of sp³-hybridized carbons (Fsp3) is 0.0833. The number of ether oxygens (including phenoxy) is 1. The quantitative estimate of drug-likeness (QED) is 0.768. The summed E-state index contributed by atoms with van der Waals surface area (Å²) in [6.07, 6.45) is 1.25. The SMILES string of the molecule is Fc1cc(F)cc(COc2ccnc(F)c2)c1. The predicted octanol–water partition coefficient (Wildman–Crippen LogP) is 3.08. The van der Waals surface area contributed by atoms with Gasteiger partial charge in [0.2, 0.25) is 5.95 Å². The van der Waals surface area contributed by atoms with Crippen LogP contribution in [0.3, 0.4) is 0 Å². The van der Waals surface area contributed by atoms with E-state index in [0.29, 0.717) is 5.56 Å². The maximum atomic E-state index is 12.9. The molecule has 0 spiro atoms. The second-order valence-corrected chi connectivity index (χ2v) is 3.38. The molecule has 2 nitrogen and oxygen atoms in total. The molecule has 0 N–H and O–H groups in total. The van der Waals surface area contributed by atoms with E-state index in [1.165, 1.54) is 12.3 Å². The number of pyridine rings is 1. The molecule has 17 heavy (non-hydrogen) atoms. The van der Waals surface area contributed by atoms with E-state index in [1.54, 1.807) is 0 Å². The summed E-state index contributed by atoms with van der Waals surface area (Å²) < 4.78 is 43.6. The van der Waals surface area contributed by atoms with E-state index in [-0.39, 0.29) is 12.4 Å². The molecule has 0 saturated heterocycles. The molecule has 0 unspecified atom stereocenters. The zero-order valence-corrected chi connectivity index (χ0v) is 8.66. The first kappa shape index (κ1) is 11.4. The van der Waals surface area contributed by atoms with Crippen LogP contribution in [0.25, 0.3) is 0 Å². The average Bonchev–Trinajstić information content (AvgIpc) is 2.25. The van der Waals surface area contributed by atoms with Crippen LogP contribution in [0.5, 0.6) is 5.75 Å². The molecule has 0 bridgehead atoms. The lowest BCUT2D eigenvalue weighted by Crippen LogP contribution is -1.97. The number of nitrogens with zero attached hydrogens (tertiary/aromatic N) is 1. The van der Waals surface area contributed by atoms with E-state index < -0.39 is 17.6 Å². The van der Waals surface area contributed by atoms with Gasteiger partial charge in [0.25, 0.3) is 0 Å². The Balaban J connectivity index is 2.07. The lowest BCUT2D eigenvalue weighted by Gasteiger charge is -2.06. The highest BCUT2D eigenvalue weighted by molar-refractivity contribution is 5.21. The van der Waals surface area contributed by atoms with E-state index in [4.69, 9.17) is 4.74 Å². The van der Waals surface area contributed by atoms with Gasteiger partial charge in [-0.1, -0.05) is 0 Å². The van der Waals surface area contributed by atoms with Gasteiger partial charge >= 0.3 is 0 Å². The fourth-order valence-corrected chi connectivity index (χ4v) is 1.34. The van der Waals surface area contributed by atoms with Crippen LogP contribution < -0.4 is 4.74 Å². The number of aromatic nitrogens is 1. The molecule has 0 aliphatic rings. The summed E-state index contributed by atoms with van der Waals surface area (Å²) in [5, 5.41) is 0. The van der Waals surface area contributed by atoms with Crippen molar-refractivity contribution in [2.45, 2.75) is 6.61 Å². The Morgan fingerprint density at radius 3 is 2.35 bits per heavy atom. The Bertz CT molecular complexity index is 511. The summed E-state index contributed by atoms with van der Waals surface area (Å²) in [4.78, 5) is 3.36. The van der Waals surface area contributed by atoms with Gasteiger partial charge in [-0.2, -0.15) is 4.39 Å². The highest BCUT2D eigenvalue weighted by Gasteiger charge is 2.02. The first-order valence-electron chi connectivity index (χ1n) is 4.83. The number of hydrogen-bond acceptors (Lipinski definition) is 2. The van der Waals surface area contributed by atoms with E-state index in [0.717, 1.165) is 24.3 Å². The van der Waals surface area contributed by atoms with Crippen molar-refractivity contribution < 1.29 is 17.9 Å². The van der Waals surface area contributed by atoms with Gasteiger partial charge in [-0.25, -0.2) is 13.8 Å². The lowest BCUT2D eigenvalue weighted by molar-refractivity contribution is 0.302. The summed E-state index contributed by atoms with van der Waals surface area (Å²) >= 11 is 0. The molecule has 2 aromatic rings. The second kappa shape index (κ2) is 4.86. The van der Waals surface area contributed by atoms with Crippen molar-refractivity contribution in [3.63, 3.8) is 0 Å². The third-order valence-electron chi connectivity index (χ3n) is 2.03. The van der Waals surface area contributed by atoms with E-state index in [2.05, 4.69) is 4.98 Å². The van der Waals surface area contributed by atoms with Crippen molar-refractivity contribution in [3.8, 4) is 5.75 Å². The standard InChI is InChI=1S/C12H8F3NO/c13-9-3-8(4-10(14)5-9)7-17-11-1-2-16-12(15)6-11/h1-6H,7H2. The van der Waals surface area contributed by atoms with Crippen molar-refractivity contribution in [2.75, 3.05) is 0 Å². The van der Waals surface area contributed by atoms with E-state index in [9.17, 15) is 13.2 Å². The Morgan fingerprint density at radius 1 is 1.00 bits per heavy atom. The van der Waals surface area contributed by atoms with Gasteiger partial charge in [0.15, 0.2) is 0 Å². The lowest BCUT2D eigenvalue weighted by atomic mass is 10.2. The Morgan fingerprint density at radius 2 is 1.71 bits per heavy atom. The zero-order chi connectivity index (χ0) is 12.3. The third-order valence-corrected chi connectivity index (χ3v) is 2.03. The molecule has 88 valence electrons. The molecule has 0 fully saturated rings. The summed E-state index contributed by atoms with van der Waals surface area (Å²) in [6.45, 7) is -0.0435. The zero-order valence-electron chi connectivity index (χ0n) is 8.66. The maximum Gasteiger partial charge on any atom is 0.216 e. The molecule has 1 aromatic carbocycles. The van der Waals surface area contributed by atoms with E-state index >= 15 is 0 Å². The summed E-state index contributed by atoms with van der Waals surface area (Å²) in [5.41, 5.74) is 0.333. The molecular formula is C12H8F3NO. The molecule has 0 radical (unpaired) electrons. The van der Waals surface area contributed by atoms with Gasteiger partial charge in [0.1, 0.15) is 24.0 Å². The van der Waals surface area contributed by atoms with Gasteiger partial charge in [-0.05, 0) is 23.8 Å². The van der Waals surface area contributed by atoms with Crippen LogP contribution in [0.2, 0.25) is 0 Å². The smallest absolute Gasteiger partial charge is 0.216 e. The molecule has 1 heterocycles. The summed E-state index contributed by atoms with van der Waals surface area (Å²) in [5.74, 6) is -1.77. The van der Waals surface area contributed by atoms with Crippen molar-refractivity contribution in [3.05, 3.63) is 59.7 Å². The molecular weight excluding hydrogens is 231 g/mol. The van der Waals surface area contributed by atoms with Crippen LogP contribution in [-0.4, -0.2) is 4.98 Å². The molecule has 0 saturated carbocycles. The topological polar surface area (TPSA) is 22.1 Å². The predicted molar refractivity (Wildman–Crippen MR) is 54.9 cm³/mol. The monoisotopic (exact) mass is 239 g/mol. The normalized spacial score (nSPS) is 10.3. The van der Waals surface area contributed by atoms with Crippen molar-refractivity contribution in [1.82, 2.24) is 4.98 Å². The van der Waals surface area contributed by atoms with Crippen LogP contribution in [0.4, 0.5) is 13.2 Å². The minimum Gasteiger partial charge on any atom is -0.489 e. The van der Waals surface area contributed by atoms with E-state index in [1.807, 2.05) is 0 Å². The number of rotatable bonds is 3. The Hall–Kier alpha value is -2.04. The molecule has 0 aliphatic heterocycles. The molecule has 2 rings (SSSR count). The molecule has 0 amide bonds. The third kappa shape index (κ3) is 3.21. The number of benzene rings is 1. The van der Waals surface area contributed by atoms with Gasteiger partial charge in [0.05, 0.1) is 0 Å². The van der Waals surface area contributed by atoms with Crippen LogP contribution in [0.1, 0.15) is 5.56 Å². The van der Waals surface area contributed by atoms with Gasteiger partial charge in [-0.3, -0.25) is 0 Å². The van der Waals surface area contributed by atoms with Gasteiger partial charge < -0.3 is 4.74 Å². The minimum absolute atomic E-state index is 0.0435. The summed E-state index contributed by atoms with van der Waals surface area (Å²) in [7, 11) is 0. The largest absolute Gasteiger partial charge is 0.489 e. The maximum absolute atomic E-state index is 12.9. The second-order valence-electron chi connectivity index (χ2n) is 3.38. The Labute approximate surface area is 95.7 Å². The van der Waals surface area contributed by atoms with Gasteiger partial charge in [-0.15, -0.1) is 0 Å². The van der Waals surface area contributed by atoms with Crippen molar-refractivity contribution >= 4 is 0 Å². The highest BCUT2D eigenvalue weighted by atomic mass is 19.1. The molecule has 1 aromatic heterocycles. The van der Waals surface area contributed by atoms with Crippen LogP contribution in [-0.2, 0) is 6.61 Å². The highest BCUT2D eigenvalue weighted by Crippen LogP contribution is 2.14. The van der Waals surface area contributed by atoms with Crippen molar-refractivity contribution in [2.24, 2.45) is 0 Å². The first-order chi connectivity index (χ1) is 8.13. The average molecular weight is 239 g/mol. The summed E-state index contributed by atoms with van der Waals surface area (Å²) in [6, 6.07) is 5.63. The van der Waals surface area contributed by atoms with Gasteiger partial charge in [0, 0.05) is 18.3 Å². The number of hydrogen-bond donors (Lipinski definition) is 0. The van der Waals surface area contributed by atoms with Crippen LogP contribution >= 0.6 is 0 Å². The number of halogens is 3. The fourth-order valence-electron chi connectivity index (χ4n) is 1.34. The molecule has 0 atom stereocenters.